The monoisotopic (exact) mass is 331 g/mol. The Labute approximate surface area is 122 Å². The standard InChI is InChI=1S/C14H22BrNOS/c1-11-12(2)17-13(16-11)18-10-14(9-15)7-5-3-4-6-8-14/h3-10H2,1-2H3. The van der Waals surface area contributed by atoms with Crippen LogP contribution in [0.3, 0.4) is 0 Å². The Morgan fingerprint density at radius 2 is 1.89 bits per heavy atom. The van der Waals surface area contributed by atoms with Crippen LogP contribution in [0.5, 0.6) is 0 Å². The van der Waals surface area contributed by atoms with Crippen molar-refractivity contribution in [3.8, 4) is 0 Å². The number of nitrogens with zero attached hydrogens (tertiary/aromatic N) is 1. The van der Waals surface area contributed by atoms with Crippen LogP contribution in [0.15, 0.2) is 9.64 Å². The summed E-state index contributed by atoms with van der Waals surface area (Å²) in [5.41, 5.74) is 1.46. The van der Waals surface area contributed by atoms with Gasteiger partial charge >= 0.3 is 0 Å². The van der Waals surface area contributed by atoms with Crippen molar-refractivity contribution in [2.45, 2.75) is 57.6 Å². The maximum atomic E-state index is 5.66. The number of hydrogen-bond donors (Lipinski definition) is 0. The van der Waals surface area contributed by atoms with Crippen LogP contribution in [-0.4, -0.2) is 16.1 Å². The zero-order chi connectivity index (χ0) is 13.0. The zero-order valence-electron chi connectivity index (χ0n) is 11.3. The highest BCUT2D eigenvalue weighted by molar-refractivity contribution is 9.09. The summed E-state index contributed by atoms with van der Waals surface area (Å²) in [7, 11) is 0. The molecule has 0 saturated heterocycles. The third-order valence-corrected chi connectivity index (χ3v) is 6.33. The maximum absolute atomic E-state index is 5.66. The molecule has 2 rings (SSSR count). The van der Waals surface area contributed by atoms with Gasteiger partial charge in [-0.1, -0.05) is 53.4 Å². The van der Waals surface area contributed by atoms with Crippen LogP contribution in [0.1, 0.15) is 50.0 Å². The van der Waals surface area contributed by atoms with Crippen LogP contribution in [0.25, 0.3) is 0 Å². The van der Waals surface area contributed by atoms with Crippen molar-refractivity contribution >= 4 is 27.7 Å². The average molecular weight is 332 g/mol. The number of hydrogen-bond acceptors (Lipinski definition) is 3. The minimum absolute atomic E-state index is 0.442. The van der Waals surface area contributed by atoms with E-state index in [1.165, 1.54) is 38.5 Å². The first-order valence-electron chi connectivity index (χ1n) is 6.78. The van der Waals surface area contributed by atoms with Gasteiger partial charge in [-0.3, -0.25) is 0 Å². The molecule has 4 heteroatoms. The van der Waals surface area contributed by atoms with E-state index in [9.17, 15) is 0 Å². The maximum Gasteiger partial charge on any atom is 0.256 e. The number of oxazole rings is 1. The molecule has 1 aliphatic rings. The van der Waals surface area contributed by atoms with Crippen molar-refractivity contribution in [1.29, 1.82) is 0 Å². The molecule has 0 N–H and O–H groups in total. The molecule has 1 aromatic heterocycles. The number of alkyl halides is 1. The summed E-state index contributed by atoms with van der Waals surface area (Å²) >= 11 is 5.52. The normalized spacial score (nSPS) is 19.7. The first-order chi connectivity index (χ1) is 8.65. The molecule has 0 aromatic carbocycles. The fraction of sp³-hybridized carbons (Fsp3) is 0.786. The Hall–Kier alpha value is 0.0400. The predicted octanol–water partition coefficient (Wildman–Crippen LogP) is 5.12. The van der Waals surface area contributed by atoms with Crippen molar-refractivity contribution in [1.82, 2.24) is 4.98 Å². The van der Waals surface area contributed by atoms with Crippen LogP contribution < -0.4 is 0 Å². The number of aryl methyl sites for hydroxylation is 2. The van der Waals surface area contributed by atoms with Gasteiger partial charge < -0.3 is 4.42 Å². The lowest BCUT2D eigenvalue weighted by Crippen LogP contribution is -2.25. The molecule has 1 heterocycles. The van der Waals surface area contributed by atoms with Gasteiger partial charge in [-0.15, -0.1) is 0 Å². The number of aromatic nitrogens is 1. The predicted molar refractivity (Wildman–Crippen MR) is 80.6 cm³/mol. The topological polar surface area (TPSA) is 26.0 Å². The number of halogens is 1. The summed E-state index contributed by atoms with van der Waals surface area (Å²) in [5.74, 6) is 2.07. The third kappa shape index (κ3) is 3.53. The minimum Gasteiger partial charge on any atom is -0.437 e. The molecule has 102 valence electrons. The summed E-state index contributed by atoms with van der Waals surface area (Å²) in [6.07, 6.45) is 8.21. The molecule has 0 amide bonds. The first kappa shape index (κ1) is 14.4. The highest BCUT2D eigenvalue weighted by atomic mass is 79.9. The Kier molecular flexibility index (Phi) is 5.19. The fourth-order valence-electron chi connectivity index (χ4n) is 2.51. The highest BCUT2D eigenvalue weighted by Gasteiger charge is 2.30. The molecule has 0 bridgehead atoms. The fourth-order valence-corrected chi connectivity index (χ4v) is 4.74. The van der Waals surface area contributed by atoms with E-state index in [0.717, 1.165) is 27.8 Å². The average Bonchev–Trinajstić information content (AvgIpc) is 2.58. The summed E-state index contributed by atoms with van der Waals surface area (Å²) in [5, 5.41) is 1.95. The van der Waals surface area contributed by atoms with Gasteiger partial charge in [0.1, 0.15) is 5.76 Å². The van der Waals surface area contributed by atoms with Crippen LogP contribution >= 0.6 is 27.7 Å². The van der Waals surface area contributed by atoms with Gasteiger partial charge in [0.2, 0.25) is 0 Å². The van der Waals surface area contributed by atoms with Gasteiger partial charge in [-0.2, -0.15) is 0 Å². The largest absolute Gasteiger partial charge is 0.437 e. The van der Waals surface area contributed by atoms with Gasteiger partial charge in [0.25, 0.3) is 5.22 Å². The number of rotatable bonds is 4. The Bertz CT molecular complexity index is 364. The second-order valence-electron chi connectivity index (χ2n) is 5.46. The van der Waals surface area contributed by atoms with Crippen LogP contribution in [0.2, 0.25) is 0 Å². The molecule has 1 fully saturated rings. The van der Waals surface area contributed by atoms with Crippen LogP contribution in [-0.2, 0) is 0 Å². The van der Waals surface area contributed by atoms with Crippen molar-refractivity contribution < 1.29 is 4.42 Å². The van der Waals surface area contributed by atoms with Gasteiger partial charge in [0.15, 0.2) is 0 Å². The molecular weight excluding hydrogens is 310 g/mol. The van der Waals surface area contributed by atoms with Gasteiger partial charge in [0.05, 0.1) is 5.69 Å². The summed E-state index contributed by atoms with van der Waals surface area (Å²) < 4.78 is 5.66. The van der Waals surface area contributed by atoms with Crippen molar-refractivity contribution in [3.63, 3.8) is 0 Å². The van der Waals surface area contributed by atoms with Crippen LogP contribution in [0.4, 0.5) is 0 Å². The van der Waals surface area contributed by atoms with E-state index in [1.807, 2.05) is 13.8 Å². The van der Waals surface area contributed by atoms with Gasteiger partial charge in [-0.25, -0.2) is 4.98 Å². The lowest BCUT2D eigenvalue weighted by molar-refractivity contribution is 0.332. The molecule has 18 heavy (non-hydrogen) atoms. The molecule has 2 nitrogen and oxygen atoms in total. The van der Waals surface area contributed by atoms with Crippen LogP contribution in [0, 0.1) is 19.3 Å². The van der Waals surface area contributed by atoms with E-state index in [1.54, 1.807) is 11.8 Å². The second kappa shape index (κ2) is 6.47. The molecule has 1 aromatic rings. The second-order valence-corrected chi connectivity index (χ2v) is 6.95. The zero-order valence-corrected chi connectivity index (χ0v) is 13.7. The van der Waals surface area contributed by atoms with Crippen molar-refractivity contribution in [3.05, 3.63) is 11.5 Å². The Balaban J connectivity index is 1.97. The molecule has 0 atom stereocenters. The quantitative estimate of drug-likeness (QED) is 0.435. The van der Waals surface area contributed by atoms with Crippen molar-refractivity contribution in [2.24, 2.45) is 5.41 Å². The van der Waals surface area contributed by atoms with E-state index in [0.29, 0.717) is 5.41 Å². The molecular formula is C14H22BrNOS. The molecule has 1 aliphatic carbocycles. The van der Waals surface area contributed by atoms with E-state index in [4.69, 9.17) is 4.42 Å². The lowest BCUT2D eigenvalue weighted by Gasteiger charge is -2.29. The smallest absolute Gasteiger partial charge is 0.256 e. The molecule has 0 aliphatic heterocycles. The van der Waals surface area contributed by atoms with E-state index >= 15 is 0 Å². The molecule has 0 unspecified atom stereocenters. The van der Waals surface area contributed by atoms with Gasteiger partial charge in [0, 0.05) is 11.1 Å². The Morgan fingerprint density at radius 1 is 1.22 bits per heavy atom. The van der Waals surface area contributed by atoms with E-state index in [2.05, 4.69) is 20.9 Å². The van der Waals surface area contributed by atoms with Gasteiger partial charge in [-0.05, 0) is 32.1 Å². The van der Waals surface area contributed by atoms with E-state index in [-0.39, 0.29) is 0 Å². The summed E-state index contributed by atoms with van der Waals surface area (Å²) in [6, 6.07) is 0. The van der Waals surface area contributed by atoms with Crippen molar-refractivity contribution in [2.75, 3.05) is 11.1 Å². The SMILES string of the molecule is Cc1nc(SCC2(CBr)CCCCCC2)oc1C. The molecule has 0 radical (unpaired) electrons. The highest BCUT2D eigenvalue weighted by Crippen LogP contribution is 2.41. The molecule has 0 spiro atoms. The van der Waals surface area contributed by atoms with E-state index < -0.39 is 0 Å². The Morgan fingerprint density at radius 3 is 2.39 bits per heavy atom. The molecule has 1 saturated carbocycles. The number of thioether (sulfide) groups is 1. The first-order valence-corrected chi connectivity index (χ1v) is 8.89. The minimum atomic E-state index is 0.442. The summed E-state index contributed by atoms with van der Waals surface area (Å²) in [4.78, 5) is 4.46. The summed E-state index contributed by atoms with van der Waals surface area (Å²) in [6.45, 7) is 3.99. The lowest BCUT2D eigenvalue weighted by atomic mass is 9.85. The third-order valence-electron chi connectivity index (χ3n) is 3.96.